The lowest BCUT2D eigenvalue weighted by Gasteiger charge is -1.97. The van der Waals surface area contributed by atoms with Crippen molar-refractivity contribution in [2.75, 3.05) is 5.75 Å². The highest BCUT2D eigenvalue weighted by atomic mass is 79.9. The monoisotopic (exact) mass is 245 g/mol. The molecule has 0 amide bonds. The van der Waals surface area contributed by atoms with Crippen molar-refractivity contribution in [2.24, 2.45) is 0 Å². The molecule has 1 rings (SSSR count). The molecule has 0 radical (unpaired) electrons. The number of hydrogen-bond acceptors (Lipinski definition) is 3. The highest BCUT2D eigenvalue weighted by Crippen LogP contribution is 2.13. The molecule has 12 heavy (non-hydrogen) atoms. The maximum Gasteiger partial charge on any atom is 0.129 e. The molecule has 0 saturated carbocycles. The van der Waals surface area contributed by atoms with E-state index in [1.54, 1.807) is 18.0 Å². The number of hydrogen-bond donors (Lipinski definition) is 0. The fourth-order valence-corrected chi connectivity index (χ4v) is 1.70. The van der Waals surface area contributed by atoms with E-state index in [0.29, 0.717) is 5.75 Å². The standard InChI is InChI=1S/C8H8BrNOS/c9-7-1-2-10-8(5-7)6-12-4-3-11/h1-3,5H,4,6H2. The summed E-state index contributed by atoms with van der Waals surface area (Å²) in [5, 5.41) is 0. The maximum atomic E-state index is 10.0. The van der Waals surface area contributed by atoms with Crippen LogP contribution in [0.1, 0.15) is 5.69 Å². The molecule has 1 aromatic rings. The van der Waals surface area contributed by atoms with Gasteiger partial charge in [-0.05, 0) is 12.1 Å². The van der Waals surface area contributed by atoms with Crippen LogP contribution in [0.4, 0.5) is 0 Å². The first kappa shape index (κ1) is 9.74. The molecule has 0 atom stereocenters. The number of carbonyl (C=O) groups excluding carboxylic acids is 1. The molecule has 0 aliphatic heterocycles. The fourth-order valence-electron chi connectivity index (χ4n) is 0.739. The highest BCUT2D eigenvalue weighted by molar-refractivity contribution is 9.10. The number of carbonyl (C=O) groups is 1. The maximum absolute atomic E-state index is 10.0. The summed E-state index contributed by atoms with van der Waals surface area (Å²) in [6, 6.07) is 3.84. The molecule has 0 aromatic carbocycles. The van der Waals surface area contributed by atoms with Gasteiger partial charge in [-0.2, -0.15) is 0 Å². The van der Waals surface area contributed by atoms with Crippen LogP contribution in [0.3, 0.4) is 0 Å². The summed E-state index contributed by atoms with van der Waals surface area (Å²) in [5.74, 6) is 1.33. The van der Waals surface area contributed by atoms with Gasteiger partial charge in [0.2, 0.25) is 0 Å². The van der Waals surface area contributed by atoms with Gasteiger partial charge in [-0.15, -0.1) is 11.8 Å². The third kappa shape index (κ3) is 3.36. The molecule has 1 aromatic heterocycles. The second-order valence-corrected chi connectivity index (χ2v) is 4.09. The van der Waals surface area contributed by atoms with Crippen molar-refractivity contribution in [3.05, 3.63) is 28.5 Å². The van der Waals surface area contributed by atoms with Gasteiger partial charge in [0, 0.05) is 22.2 Å². The summed E-state index contributed by atoms with van der Waals surface area (Å²) in [5.41, 5.74) is 0.997. The topological polar surface area (TPSA) is 30.0 Å². The highest BCUT2D eigenvalue weighted by Gasteiger charge is 1.94. The second-order valence-electron chi connectivity index (χ2n) is 2.15. The van der Waals surface area contributed by atoms with E-state index in [2.05, 4.69) is 20.9 Å². The molecular weight excluding hydrogens is 238 g/mol. The van der Waals surface area contributed by atoms with Crippen molar-refractivity contribution >= 4 is 34.0 Å². The average Bonchev–Trinajstić information content (AvgIpc) is 2.05. The summed E-state index contributed by atoms with van der Waals surface area (Å²) in [6.07, 6.45) is 2.66. The van der Waals surface area contributed by atoms with Crippen LogP contribution in [0, 0.1) is 0 Å². The van der Waals surface area contributed by atoms with Crippen LogP contribution < -0.4 is 0 Å². The van der Waals surface area contributed by atoms with Crippen LogP contribution in [-0.2, 0) is 10.5 Å². The van der Waals surface area contributed by atoms with E-state index >= 15 is 0 Å². The summed E-state index contributed by atoms with van der Waals surface area (Å²) in [4.78, 5) is 14.2. The minimum Gasteiger partial charge on any atom is -0.302 e. The van der Waals surface area contributed by atoms with Gasteiger partial charge in [0.1, 0.15) is 6.29 Å². The smallest absolute Gasteiger partial charge is 0.129 e. The molecule has 64 valence electrons. The third-order valence-electron chi connectivity index (χ3n) is 1.21. The van der Waals surface area contributed by atoms with Gasteiger partial charge in [-0.25, -0.2) is 0 Å². The van der Waals surface area contributed by atoms with Crippen LogP contribution in [0.5, 0.6) is 0 Å². The lowest BCUT2D eigenvalue weighted by atomic mass is 10.4. The molecule has 0 fully saturated rings. The lowest BCUT2D eigenvalue weighted by Crippen LogP contribution is -1.87. The van der Waals surface area contributed by atoms with Crippen molar-refractivity contribution in [1.82, 2.24) is 4.98 Å². The van der Waals surface area contributed by atoms with Gasteiger partial charge in [-0.3, -0.25) is 4.98 Å². The summed E-state index contributed by atoms with van der Waals surface area (Å²) >= 11 is 4.92. The first-order chi connectivity index (χ1) is 5.83. The zero-order valence-corrected chi connectivity index (χ0v) is 8.77. The predicted molar refractivity (Wildman–Crippen MR) is 54.2 cm³/mol. The van der Waals surface area contributed by atoms with E-state index in [1.165, 1.54) is 0 Å². The number of aldehydes is 1. The molecule has 4 heteroatoms. The van der Waals surface area contributed by atoms with Crippen molar-refractivity contribution in [2.45, 2.75) is 5.75 Å². The Morgan fingerprint density at radius 2 is 2.50 bits per heavy atom. The van der Waals surface area contributed by atoms with E-state index in [-0.39, 0.29) is 0 Å². The molecule has 0 saturated heterocycles. The molecule has 0 N–H and O–H groups in total. The molecule has 0 spiro atoms. The summed E-state index contributed by atoms with van der Waals surface area (Å²) in [6.45, 7) is 0. The van der Waals surface area contributed by atoms with Crippen LogP contribution >= 0.6 is 27.7 Å². The molecule has 2 nitrogen and oxygen atoms in total. The quantitative estimate of drug-likeness (QED) is 0.603. The summed E-state index contributed by atoms with van der Waals surface area (Å²) in [7, 11) is 0. The van der Waals surface area contributed by atoms with E-state index in [4.69, 9.17) is 0 Å². The van der Waals surface area contributed by atoms with E-state index < -0.39 is 0 Å². The Morgan fingerprint density at radius 3 is 3.17 bits per heavy atom. The number of aromatic nitrogens is 1. The van der Waals surface area contributed by atoms with Gasteiger partial charge >= 0.3 is 0 Å². The SMILES string of the molecule is O=CCSCc1cc(Br)ccn1. The van der Waals surface area contributed by atoms with Crippen LogP contribution in [0.2, 0.25) is 0 Å². The molecule has 1 heterocycles. The minimum absolute atomic E-state index is 0.536. The van der Waals surface area contributed by atoms with Crippen molar-refractivity contribution in [3.8, 4) is 0 Å². The first-order valence-electron chi connectivity index (χ1n) is 3.45. The molecule has 0 aliphatic carbocycles. The van der Waals surface area contributed by atoms with Gasteiger partial charge < -0.3 is 4.79 Å². The lowest BCUT2D eigenvalue weighted by molar-refractivity contribution is -0.105. The zero-order chi connectivity index (χ0) is 8.81. The number of halogens is 1. The summed E-state index contributed by atoms with van der Waals surface area (Å²) < 4.78 is 1.03. The van der Waals surface area contributed by atoms with E-state index in [1.807, 2.05) is 12.1 Å². The average molecular weight is 246 g/mol. The van der Waals surface area contributed by atoms with Crippen molar-refractivity contribution < 1.29 is 4.79 Å². The Bertz CT molecular complexity index is 267. The Kier molecular flexibility index (Phi) is 4.32. The number of nitrogens with zero attached hydrogens (tertiary/aromatic N) is 1. The van der Waals surface area contributed by atoms with Gasteiger partial charge in [-0.1, -0.05) is 15.9 Å². The minimum atomic E-state index is 0.536. The van der Waals surface area contributed by atoms with E-state index in [0.717, 1.165) is 22.2 Å². The van der Waals surface area contributed by atoms with Crippen LogP contribution in [0.15, 0.2) is 22.8 Å². The number of pyridine rings is 1. The Balaban J connectivity index is 2.46. The predicted octanol–water partition coefficient (Wildman–Crippen LogP) is 2.28. The largest absolute Gasteiger partial charge is 0.302 e. The van der Waals surface area contributed by atoms with Gasteiger partial charge in [0.15, 0.2) is 0 Å². The second kappa shape index (κ2) is 5.32. The Labute approximate surface area is 83.9 Å². The third-order valence-corrected chi connectivity index (χ3v) is 2.58. The van der Waals surface area contributed by atoms with Crippen molar-refractivity contribution in [3.63, 3.8) is 0 Å². The van der Waals surface area contributed by atoms with Gasteiger partial charge in [0.25, 0.3) is 0 Å². The number of rotatable bonds is 4. The molecule has 0 unspecified atom stereocenters. The van der Waals surface area contributed by atoms with Crippen LogP contribution in [-0.4, -0.2) is 17.0 Å². The van der Waals surface area contributed by atoms with E-state index in [9.17, 15) is 4.79 Å². The fraction of sp³-hybridized carbons (Fsp3) is 0.250. The zero-order valence-electron chi connectivity index (χ0n) is 6.37. The Hall–Kier alpha value is -0.350. The Morgan fingerprint density at radius 1 is 1.67 bits per heavy atom. The van der Waals surface area contributed by atoms with Gasteiger partial charge in [0.05, 0.1) is 5.69 Å². The molecular formula is C8H8BrNOS. The molecule has 0 aliphatic rings. The molecule has 0 bridgehead atoms. The first-order valence-corrected chi connectivity index (χ1v) is 5.39. The van der Waals surface area contributed by atoms with Crippen LogP contribution in [0.25, 0.3) is 0 Å². The normalized spacial score (nSPS) is 9.75. The number of thioether (sulfide) groups is 1. The van der Waals surface area contributed by atoms with Crippen molar-refractivity contribution in [1.29, 1.82) is 0 Å².